The van der Waals surface area contributed by atoms with Crippen molar-refractivity contribution in [2.45, 2.75) is 27.0 Å². The smallest absolute Gasteiger partial charge is 0.337 e. The number of aromatic nitrogens is 1. The van der Waals surface area contributed by atoms with E-state index in [0.29, 0.717) is 33.7 Å². The van der Waals surface area contributed by atoms with Crippen molar-refractivity contribution < 1.29 is 18.7 Å². The maximum atomic E-state index is 13.5. The predicted molar refractivity (Wildman–Crippen MR) is 112 cm³/mol. The summed E-state index contributed by atoms with van der Waals surface area (Å²) >= 11 is 0. The molecule has 0 aliphatic rings. The van der Waals surface area contributed by atoms with E-state index in [1.165, 1.54) is 19.2 Å². The van der Waals surface area contributed by atoms with Gasteiger partial charge < -0.3 is 20.2 Å². The number of halogens is 1. The van der Waals surface area contributed by atoms with Gasteiger partial charge in [-0.05, 0) is 60.4 Å². The van der Waals surface area contributed by atoms with Gasteiger partial charge in [0.1, 0.15) is 18.2 Å². The molecule has 0 radical (unpaired) electrons. The second-order valence-corrected chi connectivity index (χ2v) is 6.95. The first-order valence-corrected chi connectivity index (χ1v) is 9.37. The van der Waals surface area contributed by atoms with E-state index in [4.69, 9.17) is 15.2 Å². The number of aryl methyl sites for hydroxylation is 2. The number of methoxy groups -OCH3 is 1. The van der Waals surface area contributed by atoms with Crippen LogP contribution in [0, 0.1) is 19.7 Å². The molecule has 156 valence electrons. The van der Waals surface area contributed by atoms with Gasteiger partial charge in [0.25, 0.3) is 5.56 Å². The van der Waals surface area contributed by atoms with Crippen molar-refractivity contribution in [1.82, 2.24) is 4.98 Å². The Labute approximate surface area is 173 Å². The molecule has 0 fully saturated rings. The summed E-state index contributed by atoms with van der Waals surface area (Å²) in [6.45, 7) is 3.86. The first-order chi connectivity index (χ1) is 14.3. The van der Waals surface area contributed by atoms with E-state index in [9.17, 15) is 14.0 Å². The number of H-pyrrole nitrogens is 1. The van der Waals surface area contributed by atoms with Crippen LogP contribution in [-0.4, -0.2) is 18.1 Å². The normalized spacial score (nSPS) is 10.7. The van der Waals surface area contributed by atoms with Crippen LogP contribution in [0.1, 0.15) is 32.7 Å². The number of rotatable bonds is 6. The van der Waals surface area contributed by atoms with Crippen molar-refractivity contribution in [3.8, 4) is 16.9 Å². The summed E-state index contributed by atoms with van der Waals surface area (Å²) in [5.41, 5.74) is 9.34. The number of hydrogen-bond acceptors (Lipinski definition) is 5. The molecule has 1 aromatic heterocycles. The molecule has 0 atom stereocenters. The average molecular weight is 410 g/mol. The van der Waals surface area contributed by atoms with E-state index in [2.05, 4.69) is 4.98 Å². The zero-order valence-electron chi connectivity index (χ0n) is 17.0. The molecule has 6 nitrogen and oxygen atoms in total. The SMILES string of the molecule is COC(=O)c1ccc(C)c(-c2c(OCc3ccc(F)cc3CN)cc(C)[nH]c2=O)c1. The van der Waals surface area contributed by atoms with E-state index in [1.807, 2.05) is 6.92 Å². The quantitative estimate of drug-likeness (QED) is 0.606. The second-order valence-electron chi connectivity index (χ2n) is 6.95. The highest BCUT2D eigenvalue weighted by molar-refractivity contribution is 5.91. The van der Waals surface area contributed by atoms with Crippen molar-refractivity contribution in [2.24, 2.45) is 5.73 Å². The Bertz CT molecular complexity index is 1150. The third-order valence-electron chi connectivity index (χ3n) is 4.83. The first kappa shape index (κ1) is 21.3. The first-order valence-electron chi connectivity index (χ1n) is 9.37. The molecule has 3 N–H and O–H groups in total. The number of ether oxygens (including phenoxy) is 2. The summed E-state index contributed by atoms with van der Waals surface area (Å²) in [6.07, 6.45) is 0. The molecule has 0 spiro atoms. The highest BCUT2D eigenvalue weighted by Gasteiger charge is 2.18. The Morgan fingerprint density at radius 3 is 2.57 bits per heavy atom. The van der Waals surface area contributed by atoms with Gasteiger partial charge in [-0.1, -0.05) is 12.1 Å². The molecule has 0 saturated carbocycles. The van der Waals surface area contributed by atoms with E-state index in [0.717, 1.165) is 11.1 Å². The van der Waals surface area contributed by atoms with Crippen LogP contribution in [0.25, 0.3) is 11.1 Å². The van der Waals surface area contributed by atoms with Crippen LogP contribution in [0.15, 0.2) is 47.3 Å². The third kappa shape index (κ3) is 4.41. The Balaban J connectivity index is 2.06. The van der Waals surface area contributed by atoms with E-state index in [-0.39, 0.29) is 24.5 Å². The zero-order valence-corrected chi connectivity index (χ0v) is 17.0. The summed E-state index contributed by atoms with van der Waals surface area (Å²) in [7, 11) is 1.30. The molecule has 0 aliphatic heterocycles. The minimum absolute atomic E-state index is 0.110. The monoisotopic (exact) mass is 410 g/mol. The number of nitrogens with one attached hydrogen (secondary N) is 1. The molecule has 2 aromatic carbocycles. The number of esters is 1. The molecule has 0 bridgehead atoms. The van der Waals surface area contributed by atoms with Gasteiger partial charge >= 0.3 is 5.97 Å². The van der Waals surface area contributed by atoms with E-state index >= 15 is 0 Å². The summed E-state index contributed by atoms with van der Waals surface area (Å²) in [5, 5.41) is 0. The number of benzene rings is 2. The fraction of sp³-hybridized carbons (Fsp3) is 0.217. The van der Waals surface area contributed by atoms with Gasteiger partial charge in [-0.15, -0.1) is 0 Å². The molecular weight excluding hydrogens is 387 g/mol. The molecular formula is C23H23FN2O4. The van der Waals surface area contributed by atoms with Crippen LogP contribution in [0.3, 0.4) is 0 Å². The van der Waals surface area contributed by atoms with Gasteiger partial charge in [0.15, 0.2) is 0 Å². The van der Waals surface area contributed by atoms with E-state index in [1.54, 1.807) is 37.3 Å². The van der Waals surface area contributed by atoms with Gasteiger partial charge in [-0.25, -0.2) is 9.18 Å². The molecule has 0 aliphatic carbocycles. The third-order valence-corrected chi connectivity index (χ3v) is 4.83. The number of carbonyl (C=O) groups excluding carboxylic acids is 1. The zero-order chi connectivity index (χ0) is 21.8. The number of pyridine rings is 1. The van der Waals surface area contributed by atoms with Gasteiger partial charge in [-0.3, -0.25) is 4.79 Å². The molecule has 1 heterocycles. The van der Waals surface area contributed by atoms with Crippen LogP contribution < -0.4 is 16.0 Å². The molecule has 30 heavy (non-hydrogen) atoms. The van der Waals surface area contributed by atoms with Crippen molar-refractivity contribution in [1.29, 1.82) is 0 Å². The van der Waals surface area contributed by atoms with Crippen molar-refractivity contribution in [3.63, 3.8) is 0 Å². The topological polar surface area (TPSA) is 94.4 Å². The fourth-order valence-corrected chi connectivity index (χ4v) is 3.24. The largest absolute Gasteiger partial charge is 0.488 e. The Kier molecular flexibility index (Phi) is 6.32. The van der Waals surface area contributed by atoms with Crippen molar-refractivity contribution >= 4 is 5.97 Å². The Morgan fingerprint density at radius 2 is 1.87 bits per heavy atom. The van der Waals surface area contributed by atoms with Gasteiger partial charge in [0.2, 0.25) is 0 Å². The maximum Gasteiger partial charge on any atom is 0.337 e. The van der Waals surface area contributed by atoms with Crippen LogP contribution in [0.2, 0.25) is 0 Å². The lowest BCUT2D eigenvalue weighted by molar-refractivity contribution is 0.0600. The van der Waals surface area contributed by atoms with Crippen LogP contribution in [-0.2, 0) is 17.9 Å². The minimum atomic E-state index is -0.499. The maximum absolute atomic E-state index is 13.5. The Hall–Kier alpha value is -3.45. The summed E-state index contributed by atoms with van der Waals surface area (Å²) in [4.78, 5) is 27.6. The summed E-state index contributed by atoms with van der Waals surface area (Å²) in [6, 6.07) is 11.0. The number of hydrogen-bond donors (Lipinski definition) is 2. The van der Waals surface area contributed by atoms with Gasteiger partial charge in [0, 0.05) is 18.3 Å². The minimum Gasteiger partial charge on any atom is -0.488 e. The van der Waals surface area contributed by atoms with Gasteiger partial charge in [-0.2, -0.15) is 0 Å². The molecule has 3 rings (SSSR count). The van der Waals surface area contributed by atoms with Gasteiger partial charge in [0.05, 0.1) is 18.2 Å². The summed E-state index contributed by atoms with van der Waals surface area (Å²) < 4.78 is 24.3. The van der Waals surface area contributed by atoms with E-state index < -0.39 is 5.97 Å². The average Bonchev–Trinajstić information content (AvgIpc) is 2.72. The fourth-order valence-electron chi connectivity index (χ4n) is 3.24. The van der Waals surface area contributed by atoms with Crippen LogP contribution in [0.5, 0.6) is 5.75 Å². The number of carbonyl (C=O) groups is 1. The van der Waals surface area contributed by atoms with Crippen molar-refractivity contribution in [3.05, 3.63) is 86.6 Å². The molecule has 0 amide bonds. The lowest BCUT2D eigenvalue weighted by atomic mass is 9.98. The lowest BCUT2D eigenvalue weighted by Crippen LogP contribution is -2.14. The Morgan fingerprint density at radius 1 is 1.10 bits per heavy atom. The lowest BCUT2D eigenvalue weighted by Gasteiger charge is -2.15. The number of aromatic amines is 1. The second kappa shape index (κ2) is 8.92. The highest BCUT2D eigenvalue weighted by atomic mass is 19.1. The van der Waals surface area contributed by atoms with Crippen LogP contribution >= 0.6 is 0 Å². The highest BCUT2D eigenvalue weighted by Crippen LogP contribution is 2.31. The van der Waals surface area contributed by atoms with Crippen molar-refractivity contribution in [2.75, 3.05) is 7.11 Å². The molecule has 0 unspecified atom stereocenters. The standard InChI is InChI=1S/C23H23FN2O4/c1-13-4-5-15(23(28)29-3)10-19(13)21-20(8-14(2)26-22(21)27)30-12-16-6-7-18(24)9-17(16)11-25/h4-10H,11-12,25H2,1-3H3,(H,26,27). The molecule has 0 saturated heterocycles. The predicted octanol–water partition coefficient (Wildman–Crippen LogP) is 3.62. The molecule has 3 aromatic rings. The number of nitrogens with two attached hydrogens (primary N) is 1. The summed E-state index contributed by atoms with van der Waals surface area (Å²) in [5.74, 6) is -0.517. The van der Waals surface area contributed by atoms with Crippen LogP contribution in [0.4, 0.5) is 4.39 Å². The molecule has 7 heteroatoms.